The van der Waals surface area contributed by atoms with E-state index in [9.17, 15) is 10.1 Å². The van der Waals surface area contributed by atoms with Crippen molar-refractivity contribution in [3.05, 3.63) is 34.5 Å². The number of halogens is 1. The number of non-ortho nitro benzene ring substituents is 1. The van der Waals surface area contributed by atoms with E-state index in [1.807, 2.05) is 7.05 Å². The van der Waals surface area contributed by atoms with E-state index in [2.05, 4.69) is 20.2 Å². The molecule has 21 heavy (non-hydrogen) atoms. The molecule has 1 atom stereocenters. The van der Waals surface area contributed by atoms with Gasteiger partial charge < -0.3 is 10.2 Å². The van der Waals surface area contributed by atoms with Crippen molar-refractivity contribution in [2.75, 3.05) is 25.0 Å². The molecule has 2 heterocycles. The molecule has 3 rings (SSSR count). The fourth-order valence-corrected chi connectivity index (χ4v) is 2.43. The van der Waals surface area contributed by atoms with E-state index >= 15 is 0 Å². The van der Waals surface area contributed by atoms with Crippen LogP contribution < -0.4 is 10.2 Å². The quantitative estimate of drug-likeness (QED) is 0.687. The van der Waals surface area contributed by atoms with Gasteiger partial charge in [0.05, 0.1) is 22.2 Å². The first kappa shape index (κ1) is 15.4. The minimum absolute atomic E-state index is 0. The molecule has 0 aliphatic carbocycles. The van der Waals surface area contributed by atoms with Crippen LogP contribution in [-0.2, 0) is 0 Å². The van der Waals surface area contributed by atoms with Crippen LogP contribution in [0.1, 0.15) is 6.42 Å². The van der Waals surface area contributed by atoms with Crippen molar-refractivity contribution in [3.8, 4) is 0 Å². The van der Waals surface area contributed by atoms with Crippen LogP contribution in [0.15, 0.2) is 24.4 Å². The molecule has 1 aliphatic rings. The van der Waals surface area contributed by atoms with Crippen molar-refractivity contribution in [1.29, 1.82) is 0 Å². The normalized spacial score (nSPS) is 17.5. The number of nitro groups is 1. The molecule has 0 saturated carbocycles. The molecule has 1 N–H and O–H groups in total. The first-order valence-corrected chi connectivity index (χ1v) is 6.50. The Morgan fingerprint density at radius 1 is 1.43 bits per heavy atom. The van der Waals surface area contributed by atoms with Crippen molar-refractivity contribution in [2.24, 2.45) is 0 Å². The molecule has 0 spiro atoms. The first-order valence-electron chi connectivity index (χ1n) is 6.50. The third-order valence-corrected chi connectivity index (χ3v) is 3.67. The zero-order valence-electron chi connectivity index (χ0n) is 11.5. The van der Waals surface area contributed by atoms with Crippen molar-refractivity contribution >= 4 is 34.9 Å². The Bertz CT molecular complexity index is 660. The minimum atomic E-state index is -0.425. The molecule has 0 amide bonds. The fourth-order valence-electron chi connectivity index (χ4n) is 2.43. The molecule has 0 bridgehead atoms. The van der Waals surface area contributed by atoms with Crippen LogP contribution in [0.25, 0.3) is 11.0 Å². The van der Waals surface area contributed by atoms with Gasteiger partial charge in [0.1, 0.15) is 5.82 Å². The van der Waals surface area contributed by atoms with Crippen LogP contribution in [0, 0.1) is 10.1 Å². The average molecular weight is 310 g/mol. The molecule has 1 aromatic carbocycles. The monoisotopic (exact) mass is 309 g/mol. The third kappa shape index (κ3) is 3.03. The molecule has 2 aromatic rings. The number of nitrogens with zero attached hydrogens (tertiary/aromatic N) is 4. The summed E-state index contributed by atoms with van der Waals surface area (Å²) in [4.78, 5) is 21.2. The Hall–Kier alpha value is -1.99. The molecular formula is C13H16ClN5O2. The smallest absolute Gasteiger partial charge is 0.271 e. The zero-order valence-corrected chi connectivity index (χ0v) is 12.3. The highest BCUT2D eigenvalue weighted by Gasteiger charge is 2.20. The predicted octanol–water partition coefficient (Wildman–Crippen LogP) is 1.76. The maximum absolute atomic E-state index is 10.7. The van der Waals surface area contributed by atoms with E-state index in [1.54, 1.807) is 12.3 Å². The number of anilines is 1. The van der Waals surface area contributed by atoms with Crippen LogP contribution in [-0.4, -0.2) is 41.1 Å². The highest BCUT2D eigenvalue weighted by Crippen LogP contribution is 2.21. The molecular weight excluding hydrogens is 294 g/mol. The highest BCUT2D eigenvalue weighted by molar-refractivity contribution is 5.85. The van der Waals surface area contributed by atoms with Gasteiger partial charge in [-0.25, -0.2) is 4.98 Å². The topological polar surface area (TPSA) is 84.2 Å². The number of hydrogen-bond acceptors (Lipinski definition) is 6. The van der Waals surface area contributed by atoms with E-state index in [4.69, 9.17) is 0 Å². The summed E-state index contributed by atoms with van der Waals surface area (Å²) in [6, 6.07) is 4.96. The van der Waals surface area contributed by atoms with Crippen LogP contribution in [0.3, 0.4) is 0 Å². The Labute approximate surface area is 127 Å². The number of nitro benzene ring substituents is 1. The zero-order chi connectivity index (χ0) is 14.1. The molecule has 1 saturated heterocycles. The minimum Gasteiger partial charge on any atom is -0.354 e. The van der Waals surface area contributed by atoms with Crippen LogP contribution >= 0.6 is 12.4 Å². The number of aromatic nitrogens is 2. The van der Waals surface area contributed by atoms with Crippen LogP contribution in [0.4, 0.5) is 11.5 Å². The third-order valence-electron chi connectivity index (χ3n) is 3.67. The van der Waals surface area contributed by atoms with Gasteiger partial charge in [-0.1, -0.05) is 0 Å². The number of hydrogen-bond donors (Lipinski definition) is 1. The number of benzene rings is 1. The van der Waals surface area contributed by atoms with Crippen LogP contribution in [0.5, 0.6) is 0 Å². The lowest BCUT2D eigenvalue weighted by molar-refractivity contribution is -0.384. The van der Waals surface area contributed by atoms with Gasteiger partial charge in [0.15, 0.2) is 0 Å². The Morgan fingerprint density at radius 2 is 2.24 bits per heavy atom. The molecule has 7 nitrogen and oxygen atoms in total. The lowest BCUT2D eigenvalue weighted by Crippen LogP contribution is -2.33. The van der Waals surface area contributed by atoms with E-state index in [0.29, 0.717) is 17.1 Å². The summed E-state index contributed by atoms with van der Waals surface area (Å²) in [5, 5.41) is 14.1. The summed E-state index contributed by atoms with van der Waals surface area (Å²) in [6.45, 7) is 1.96. The van der Waals surface area contributed by atoms with Gasteiger partial charge in [-0.15, -0.1) is 12.4 Å². The number of rotatable bonds is 3. The van der Waals surface area contributed by atoms with E-state index in [-0.39, 0.29) is 18.1 Å². The molecule has 0 radical (unpaired) electrons. The first-order chi connectivity index (χ1) is 9.65. The SMILES string of the molecule is CN(c1cnc2cc([N+](=O)[O-])ccc2n1)[C@@H]1CCNC1.Cl. The Kier molecular flexibility index (Phi) is 4.54. The molecule has 0 unspecified atom stereocenters. The van der Waals surface area contributed by atoms with Gasteiger partial charge in [-0.2, -0.15) is 0 Å². The second kappa shape index (κ2) is 6.19. The summed E-state index contributed by atoms with van der Waals surface area (Å²) in [7, 11) is 2.00. The second-order valence-electron chi connectivity index (χ2n) is 4.92. The second-order valence-corrected chi connectivity index (χ2v) is 4.92. The fraction of sp³-hybridized carbons (Fsp3) is 0.385. The molecule has 1 fully saturated rings. The summed E-state index contributed by atoms with van der Waals surface area (Å²) in [6.07, 6.45) is 2.75. The van der Waals surface area contributed by atoms with E-state index < -0.39 is 4.92 Å². The maximum Gasteiger partial charge on any atom is 0.271 e. The molecule has 1 aliphatic heterocycles. The molecule has 8 heteroatoms. The predicted molar refractivity (Wildman–Crippen MR) is 83.1 cm³/mol. The largest absolute Gasteiger partial charge is 0.354 e. The van der Waals surface area contributed by atoms with Gasteiger partial charge in [-0.3, -0.25) is 15.1 Å². The van der Waals surface area contributed by atoms with Gasteiger partial charge in [0, 0.05) is 31.8 Å². The molecule has 1 aromatic heterocycles. The summed E-state index contributed by atoms with van der Waals surface area (Å²) < 4.78 is 0. The maximum atomic E-state index is 10.7. The number of fused-ring (bicyclic) bond motifs is 1. The highest BCUT2D eigenvalue weighted by atomic mass is 35.5. The summed E-state index contributed by atoms with van der Waals surface area (Å²) in [5.41, 5.74) is 1.25. The Balaban J connectivity index is 0.00000161. The van der Waals surface area contributed by atoms with Crippen LogP contribution in [0.2, 0.25) is 0 Å². The van der Waals surface area contributed by atoms with Gasteiger partial charge in [-0.05, 0) is 19.0 Å². The standard InChI is InChI=1S/C13H15N5O2.ClH/c1-17(10-4-5-14-7-10)13-8-15-12-6-9(18(19)20)2-3-11(12)16-13;/h2-3,6,8,10,14H,4-5,7H2,1H3;1H/t10-;/m1./s1. The van der Waals surface area contributed by atoms with E-state index in [1.165, 1.54) is 12.1 Å². The van der Waals surface area contributed by atoms with Crippen molar-refractivity contribution in [1.82, 2.24) is 15.3 Å². The van der Waals surface area contributed by atoms with Gasteiger partial charge in [0.2, 0.25) is 0 Å². The number of likely N-dealkylation sites (N-methyl/N-ethyl adjacent to an activating group) is 1. The lowest BCUT2D eigenvalue weighted by Gasteiger charge is -2.24. The Morgan fingerprint density at radius 3 is 2.90 bits per heavy atom. The van der Waals surface area contributed by atoms with Gasteiger partial charge >= 0.3 is 0 Å². The summed E-state index contributed by atoms with van der Waals surface area (Å²) in [5.74, 6) is 0.792. The number of nitrogens with one attached hydrogen (secondary N) is 1. The lowest BCUT2D eigenvalue weighted by atomic mass is 10.2. The van der Waals surface area contributed by atoms with Gasteiger partial charge in [0.25, 0.3) is 5.69 Å². The van der Waals surface area contributed by atoms with Crippen molar-refractivity contribution in [2.45, 2.75) is 12.5 Å². The van der Waals surface area contributed by atoms with Crippen molar-refractivity contribution < 1.29 is 4.92 Å². The van der Waals surface area contributed by atoms with Crippen molar-refractivity contribution in [3.63, 3.8) is 0 Å². The summed E-state index contributed by atoms with van der Waals surface area (Å²) >= 11 is 0. The average Bonchev–Trinajstić information content (AvgIpc) is 2.99. The van der Waals surface area contributed by atoms with E-state index in [0.717, 1.165) is 25.3 Å². The molecule has 112 valence electrons.